The van der Waals surface area contributed by atoms with Crippen molar-refractivity contribution in [2.75, 3.05) is 43.7 Å². The van der Waals surface area contributed by atoms with E-state index in [0.29, 0.717) is 35.7 Å². The number of anilines is 2. The molecule has 1 aliphatic rings. The number of likely N-dealkylation sites (N-methyl/N-ethyl adjacent to an activating group) is 1. The molecule has 1 fully saturated rings. The molecule has 17 nitrogen and oxygen atoms in total. The second kappa shape index (κ2) is 23.1. The predicted molar refractivity (Wildman–Crippen MR) is 231 cm³/mol. The number of carboxylic acid groups (broad SMARTS) is 1. The van der Waals surface area contributed by atoms with Gasteiger partial charge in [0.25, 0.3) is 5.91 Å². The first-order valence-corrected chi connectivity index (χ1v) is 22.7. The number of sulfonamides is 1. The maximum atomic E-state index is 14.3. The molecule has 0 spiro atoms. The number of alkyl halides is 3. The Morgan fingerprint density at radius 3 is 2.03 bits per heavy atom. The number of likely N-dealkylation sites (tertiary alicyclic amines) is 1. The highest BCUT2D eigenvalue weighted by Crippen LogP contribution is 2.30. The number of benzene rings is 2. The summed E-state index contributed by atoms with van der Waals surface area (Å²) in [7, 11) is -0.0724. The van der Waals surface area contributed by atoms with Gasteiger partial charge in [-0.1, -0.05) is 71.4 Å². The van der Waals surface area contributed by atoms with Crippen LogP contribution in [0.25, 0.3) is 0 Å². The summed E-state index contributed by atoms with van der Waals surface area (Å²) < 4.78 is 77.1. The van der Waals surface area contributed by atoms with Gasteiger partial charge in [-0.2, -0.15) is 13.2 Å². The number of carbonyl (C=O) groups is 6. The molecule has 0 aromatic heterocycles. The number of nitrogens with one attached hydrogen (secondary N) is 3. The maximum Gasteiger partial charge on any atom is 0.471 e. The first-order valence-electron chi connectivity index (χ1n) is 20.9. The molecule has 0 unspecified atom stereocenters. The Morgan fingerprint density at radius 1 is 0.922 bits per heavy atom. The fourth-order valence-corrected chi connectivity index (χ4v) is 8.99. The van der Waals surface area contributed by atoms with Crippen molar-refractivity contribution in [1.29, 1.82) is 0 Å². The van der Waals surface area contributed by atoms with Crippen LogP contribution in [0, 0.1) is 17.8 Å². The SMILES string of the molecule is CC[C@H](C)[C@@H]([C@@H](CC(=O)N1CCC[C@H]1[C@H](OC)[C@@H](C)C(=O)N[C@@H](Cc1ccccc1)C(=O)N(c1ccc(NC(=O)C(F)(F)F)cc1)S(C)(=O)=O)OC)N(C)C(=O)[C@@H](NC(=O)O)C(C)C. The molecular formula is C43H61F3N6O11S. The normalized spacial score (nSPS) is 17.6. The van der Waals surface area contributed by atoms with E-state index in [9.17, 15) is 55.5 Å². The van der Waals surface area contributed by atoms with Crippen LogP contribution in [0.2, 0.25) is 0 Å². The molecule has 1 heterocycles. The molecule has 3 rings (SSSR count). The number of halogens is 3. The van der Waals surface area contributed by atoms with Crippen LogP contribution >= 0.6 is 0 Å². The highest BCUT2D eigenvalue weighted by molar-refractivity contribution is 7.92. The lowest BCUT2D eigenvalue weighted by Crippen LogP contribution is -2.58. The zero-order chi connectivity index (χ0) is 48.3. The molecule has 8 atom stereocenters. The van der Waals surface area contributed by atoms with E-state index in [4.69, 9.17) is 9.47 Å². The summed E-state index contributed by atoms with van der Waals surface area (Å²) in [5.74, 6) is -6.45. The first kappa shape index (κ1) is 53.1. The lowest BCUT2D eigenvalue weighted by molar-refractivity contribution is -0.167. The number of amides is 6. The molecule has 1 aliphatic heterocycles. The number of methoxy groups -OCH3 is 2. The lowest BCUT2D eigenvalue weighted by atomic mass is 9.89. The summed E-state index contributed by atoms with van der Waals surface area (Å²) in [4.78, 5) is 82.5. The van der Waals surface area contributed by atoms with E-state index in [2.05, 4.69) is 10.6 Å². The van der Waals surface area contributed by atoms with E-state index in [1.165, 1.54) is 19.1 Å². The van der Waals surface area contributed by atoms with Crippen LogP contribution in [0.5, 0.6) is 0 Å². The maximum absolute atomic E-state index is 14.3. The molecule has 4 N–H and O–H groups in total. The van der Waals surface area contributed by atoms with Crippen LogP contribution in [-0.2, 0) is 49.9 Å². The van der Waals surface area contributed by atoms with Crippen LogP contribution in [-0.4, -0.2) is 136 Å². The van der Waals surface area contributed by atoms with Crippen LogP contribution < -0.4 is 20.3 Å². The Kier molecular flexibility index (Phi) is 19.1. The van der Waals surface area contributed by atoms with E-state index in [0.717, 1.165) is 30.5 Å². The van der Waals surface area contributed by atoms with Gasteiger partial charge in [-0.3, -0.25) is 24.0 Å². The zero-order valence-electron chi connectivity index (χ0n) is 37.5. The Balaban J connectivity index is 1.91. The van der Waals surface area contributed by atoms with Gasteiger partial charge >= 0.3 is 18.2 Å². The molecule has 1 saturated heterocycles. The van der Waals surface area contributed by atoms with Crippen molar-refractivity contribution >= 4 is 57.0 Å². The summed E-state index contributed by atoms with van der Waals surface area (Å²) in [5, 5.41) is 16.1. The van der Waals surface area contributed by atoms with Gasteiger partial charge in [-0.25, -0.2) is 17.5 Å². The van der Waals surface area contributed by atoms with Gasteiger partial charge in [-0.15, -0.1) is 0 Å². The van der Waals surface area contributed by atoms with Crippen LogP contribution in [0.3, 0.4) is 0 Å². The number of nitrogens with zero attached hydrogens (tertiary/aromatic N) is 3. The standard InChI is InChI=1S/C43H61F3N6O11S/c1-10-26(4)36(50(6)40(56)35(25(2)3)49-42(58)59)33(62-7)24-34(53)51-22-14-17-32(51)37(63-8)27(5)38(54)48-31(23-28-15-12-11-13-16-28)39(55)52(64(9,60)61)30-20-18-29(19-21-30)47-41(57)43(44,45)46/h11-13,15-16,18-21,25-27,31-33,35-37,49H,10,14,17,22-24H2,1-9H3,(H,47,57)(H,48,54)(H,58,59)/t26-,27+,31-,32-,33+,35-,36-,37+/m0/s1. The van der Waals surface area contributed by atoms with Crippen molar-refractivity contribution in [3.63, 3.8) is 0 Å². The number of carbonyl (C=O) groups excluding carboxylic acids is 5. The molecule has 0 saturated carbocycles. The second-order valence-corrected chi connectivity index (χ2v) is 18.2. The minimum Gasteiger partial charge on any atom is -0.465 e. The van der Waals surface area contributed by atoms with Crippen LogP contribution in [0.1, 0.15) is 65.9 Å². The Hall–Kier alpha value is -5.28. The van der Waals surface area contributed by atoms with Crippen molar-refractivity contribution in [2.45, 2.75) is 109 Å². The smallest absolute Gasteiger partial charge is 0.465 e. The molecule has 2 aromatic rings. The Morgan fingerprint density at radius 2 is 1.53 bits per heavy atom. The molecule has 2 aromatic carbocycles. The van der Waals surface area contributed by atoms with Crippen molar-refractivity contribution in [2.24, 2.45) is 17.8 Å². The number of hydrogen-bond donors (Lipinski definition) is 4. The average Bonchev–Trinajstić information content (AvgIpc) is 3.71. The van der Waals surface area contributed by atoms with E-state index < -0.39 is 88.2 Å². The third-order valence-corrected chi connectivity index (χ3v) is 12.6. The topological polar surface area (TPSA) is 221 Å². The highest BCUT2D eigenvalue weighted by Gasteiger charge is 2.44. The van der Waals surface area contributed by atoms with Gasteiger partial charge in [-0.05, 0) is 54.5 Å². The molecule has 6 amide bonds. The number of hydrogen-bond acceptors (Lipinski definition) is 10. The molecule has 21 heteroatoms. The van der Waals surface area contributed by atoms with Crippen LogP contribution in [0.4, 0.5) is 29.3 Å². The Labute approximate surface area is 372 Å². The van der Waals surface area contributed by atoms with Gasteiger partial charge in [0.05, 0.1) is 48.6 Å². The highest BCUT2D eigenvalue weighted by atomic mass is 32.2. The summed E-state index contributed by atoms with van der Waals surface area (Å²) in [6.07, 6.45) is -6.26. The predicted octanol–water partition coefficient (Wildman–Crippen LogP) is 4.42. The van der Waals surface area contributed by atoms with Crippen molar-refractivity contribution in [3.8, 4) is 0 Å². The molecule has 0 aliphatic carbocycles. The fraction of sp³-hybridized carbons (Fsp3) is 0.581. The number of rotatable bonds is 21. The quantitative estimate of drug-likeness (QED) is 0.137. The molecule has 0 bridgehead atoms. The third kappa shape index (κ3) is 13.9. The van der Waals surface area contributed by atoms with Crippen LogP contribution in [0.15, 0.2) is 54.6 Å². The van der Waals surface area contributed by atoms with Crippen molar-refractivity contribution in [1.82, 2.24) is 20.4 Å². The second-order valence-electron chi connectivity index (χ2n) is 16.4. The average molecular weight is 927 g/mol. The van der Waals surface area contributed by atoms with E-state index in [-0.39, 0.29) is 42.0 Å². The summed E-state index contributed by atoms with van der Waals surface area (Å²) in [6, 6.07) is 8.68. The van der Waals surface area contributed by atoms with Gasteiger partial charge in [0.1, 0.15) is 12.1 Å². The van der Waals surface area contributed by atoms with Gasteiger partial charge < -0.3 is 40.3 Å². The van der Waals surface area contributed by atoms with E-state index in [1.54, 1.807) is 68.4 Å². The lowest BCUT2D eigenvalue weighted by Gasteiger charge is -2.40. The van der Waals surface area contributed by atoms with Crippen molar-refractivity contribution < 1.29 is 64.9 Å². The fourth-order valence-electron chi connectivity index (χ4n) is 8.03. The molecular weight excluding hydrogens is 866 g/mol. The monoisotopic (exact) mass is 926 g/mol. The summed E-state index contributed by atoms with van der Waals surface area (Å²) in [5.41, 5.74) is -0.0392. The minimum atomic E-state index is -5.19. The van der Waals surface area contributed by atoms with Gasteiger partial charge in [0.15, 0.2) is 0 Å². The molecule has 356 valence electrons. The summed E-state index contributed by atoms with van der Waals surface area (Å²) in [6.45, 7) is 9.12. The largest absolute Gasteiger partial charge is 0.471 e. The summed E-state index contributed by atoms with van der Waals surface area (Å²) >= 11 is 0. The minimum absolute atomic E-state index is 0.167. The van der Waals surface area contributed by atoms with E-state index >= 15 is 0 Å². The Bertz CT molecular complexity index is 2040. The number of ether oxygens (including phenoxy) is 2. The zero-order valence-corrected chi connectivity index (χ0v) is 38.4. The molecule has 0 radical (unpaired) electrons. The molecule has 64 heavy (non-hydrogen) atoms. The van der Waals surface area contributed by atoms with Gasteiger partial charge in [0, 0.05) is 39.9 Å². The van der Waals surface area contributed by atoms with E-state index in [1.807, 2.05) is 13.8 Å². The van der Waals surface area contributed by atoms with Crippen molar-refractivity contribution in [3.05, 3.63) is 60.2 Å². The third-order valence-electron chi connectivity index (χ3n) is 11.5. The first-order chi connectivity index (χ1) is 29.9. The van der Waals surface area contributed by atoms with Gasteiger partial charge in [0.2, 0.25) is 27.7 Å².